The minimum atomic E-state index is 0.847. The van der Waals surface area contributed by atoms with E-state index in [1.165, 1.54) is 25.9 Å². The van der Waals surface area contributed by atoms with Gasteiger partial charge < -0.3 is 10.1 Å². The molecule has 1 saturated heterocycles. The average molecular weight is 260 g/mol. The molecule has 0 atom stereocenters. The van der Waals surface area contributed by atoms with Crippen LogP contribution < -0.4 is 10.1 Å². The number of ether oxygens (including phenoxy) is 1. The Morgan fingerprint density at radius 1 is 1.32 bits per heavy atom. The van der Waals surface area contributed by atoms with Gasteiger partial charge >= 0.3 is 0 Å². The molecular formula is C16H24N2O. The van der Waals surface area contributed by atoms with Gasteiger partial charge in [-0.05, 0) is 45.0 Å². The van der Waals surface area contributed by atoms with E-state index in [9.17, 15) is 0 Å². The van der Waals surface area contributed by atoms with Crippen molar-refractivity contribution >= 4 is 5.69 Å². The maximum absolute atomic E-state index is 5.14. The van der Waals surface area contributed by atoms with Crippen LogP contribution in [-0.4, -0.2) is 38.2 Å². The van der Waals surface area contributed by atoms with Gasteiger partial charge in [-0.3, -0.25) is 4.90 Å². The molecule has 0 radical (unpaired) electrons. The average Bonchev–Trinajstić information content (AvgIpc) is 2.94. The van der Waals surface area contributed by atoms with Crippen LogP contribution in [0, 0.1) is 12.3 Å². The zero-order valence-corrected chi connectivity index (χ0v) is 12.0. The summed E-state index contributed by atoms with van der Waals surface area (Å²) in [4.78, 5) is 2.31. The number of hydrogen-bond donors (Lipinski definition) is 1. The summed E-state index contributed by atoms with van der Waals surface area (Å²) in [5.74, 6) is 3.53. The van der Waals surface area contributed by atoms with Crippen molar-refractivity contribution in [2.45, 2.75) is 19.8 Å². The van der Waals surface area contributed by atoms with Gasteiger partial charge in [0.1, 0.15) is 5.75 Å². The van der Waals surface area contributed by atoms with Gasteiger partial charge in [0.15, 0.2) is 0 Å². The van der Waals surface area contributed by atoms with Crippen LogP contribution in [0.1, 0.15) is 19.8 Å². The molecule has 0 aliphatic carbocycles. The summed E-state index contributed by atoms with van der Waals surface area (Å²) < 4.78 is 5.14. The third-order valence-electron chi connectivity index (χ3n) is 2.99. The second-order valence-electron chi connectivity index (χ2n) is 4.42. The molecule has 0 saturated carbocycles. The van der Waals surface area contributed by atoms with Crippen molar-refractivity contribution in [1.29, 1.82) is 0 Å². The molecule has 2 rings (SSSR count). The molecule has 1 fully saturated rings. The molecule has 1 aliphatic heterocycles. The largest absolute Gasteiger partial charge is 0.495 e. The predicted molar refractivity (Wildman–Crippen MR) is 81.7 cm³/mol. The van der Waals surface area contributed by atoms with Gasteiger partial charge in [-0.25, -0.2) is 0 Å². The predicted octanol–water partition coefficient (Wildman–Crippen LogP) is 2.84. The van der Waals surface area contributed by atoms with E-state index in [1.807, 2.05) is 24.3 Å². The molecule has 3 heteroatoms. The molecule has 104 valence electrons. The van der Waals surface area contributed by atoms with Gasteiger partial charge in [-0.2, -0.15) is 0 Å². The van der Waals surface area contributed by atoms with Gasteiger partial charge in [-0.1, -0.05) is 18.1 Å². The SMILES string of the molecule is C#CCN1CCCC1.CCNc1ccccc1OC. The van der Waals surface area contributed by atoms with Crippen LogP contribution in [0.3, 0.4) is 0 Å². The van der Waals surface area contributed by atoms with Gasteiger partial charge in [0.2, 0.25) is 0 Å². The van der Waals surface area contributed by atoms with E-state index in [0.29, 0.717) is 0 Å². The van der Waals surface area contributed by atoms with Gasteiger partial charge in [0.25, 0.3) is 0 Å². The lowest BCUT2D eigenvalue weighted by molar-refractivity contribution is 0.383. The summed E-state index contributed by atoms with van der Waals surface area (Å²) in [6, 6.07) is 7.89. The fraction of sp³-hybridized carbons (Fsp3) is 0.500. The zero-order chi connectivity index (χ0) is 13.9. The van der Waals surface area contributed by atoms with Crippen molar-refractivity contribution in [3.05, 3.63) is 24.3 Å². The zero-order valence-electron chi connectivity index (χ0n) is 12.0. The first kappa shape index (κ1) is 15.4. The normalized spacial score (nSPS) is 14.2. The Balaban J connectivity index is 0.000000200. The smallest absolute Gasteiger partial charge is 0.141 e. The lowest BCUT2D eigenvalue weighted by atomic mass is 10.3. The third kappa shape index (κ3) is 5.67. The molecule has 1 aromatic carbocycles. The molecule has 19 heavy (non-hydrogen) atoms. The standard InChI is InChI=1S/C9H13NO.C7H11N/c1-3-10-8-6-4-5-7-9(8)11-2;1-2-5-8-6-3-4-7-8/h4-7,10H,3H2,1-2H3;1H,3-7H2. The van der Waals surface area contributed by atoms with E-state index in [1.54, 1.807) is 7.11 Å². The molecule has 0 unspecified atom stereocenters. The lowest BCUT2D eigenvalue weighted by Gasteiger charge is -2.07. The van der Waals surface area contributed by atoms with Crippen molar-refractivity contribution in [2.75, 3.05) is 38.6 Å². The van der Waals surface area contributed by atoms with Gasteiger partial charge in [0.05, 0.1) is 19.3 Å². The first-order chi connectivity index (χ1) is 9.31. The highest BCUT2D eigenvalue weighted by Gasteiger charge is 2.08. The summed E-state index contributed by atoms with van der Waals surface area (Å²) in [6.45, 7) is 6.25. The summed E-state index contributed by atoms with van der Waals surface area (Å²) in [5.41, 5.74) is 1.05. The highest BCUT2D eigenvalue weighted by molar-refractivity contribution is 5.55. The van der Waals surface area contributed by atoms with Gasteiger partial charge in [0, 0.05) is 6.54 Å². The Morgan fingerprint density at radius 3 is 2.58 bits per heavy atom. The molecule has 3 nitrogen and oxygen atoms in total. The number of anilines is 1. The summed E-state index contributed by atoms with van der Waals surface area (Å²) in [7, 11) is 1.68. The maximum atomic E-state index is 5.14. The van der Waals surface area contributed by atoms with Crippen molar-refractivity contribution in [2.24, 2.45) is 0 Å². The molecule has 0 aromatic heterocycles. The van der Waals surface area contributed by atoms with Crippen LogP contribution >= 0.6 is 0 Å². The molecule has 1 aliphatic rings. The number of terminal acetylenes is 1. The summed E-state index contributed by atoms with van der Waals surface area (Å²) in [6.07, 6.45) is 7.79. The molecule has 0 amide bonds. The van der Waals surface area contributed by atoms with Crippen molar-refractivity contribution in [1.82, 2.24) is 4.90 Å². The van der Waals surface area contributed by atoms with Crippen molar-refractivity contribution in [3.63, 3.8) is 0 Å². The topological polar surface area (TPSA) is 24.5 Å². The Labute approximate surface area is 117 Å². The van der Waals surface area contributed by atoms with E-state index >= 15 is 0 Å². The van der Waals surface area contributed by atoms with Crippen LogP contribution in [0.2, 0.25) is 0 Å². The molecule has 1 heterocycles. The number of para-hydroxylation sites is 2. The van der Waals surface area contributed by atoms with Crippen LogP contribution in [0.5, 0.6) is 5.75 Å². The lowest BCUT2D eigenvalue weighted by Crippen LogP contribution is -2.18. The van der Waals surface area contributed by atoms with Crippen LogP contribution in [0.4, 0.5) is 5.69 Å². The van der Waals surface area contributed by atoms with Crippen LogP contribution in [-0.2, 0) is 0 Å². The second-order valence-corrected chi connectivity index (χ2v) is 4.42. The minimum absolute atomic E-state index is 0.847. The third-order valence-corrected chi connectivity index (χ3v) is 2.99. The van der Waals surface area contributed by atoms with Crippen molar-refractivity contribution in [3.8, 4) is 18.1 Å². The first-order valence-electron chi connectivity index (χ1n) is 6.84. The number of benzene rings is 1. The summed E-state index contributed by atoms with van der Waals surface area (Å²) >= 11 is 0. The van der Waals surface area contributed by atoms with Crippen molar-refractivity contribution < 1.29 is 4.74 Å². The second kappa shape index (κ2) is 9.29. The highest BCUT2D eigenvalue weighted by atomic mass is 16.5. The van der Waals surface area contributed by atoms with E-state index < -0.39 is 0 Å². The Morgan fingerprint density at radius 2 is 2.00 bits per heavy atom. The molecule has 1 aromatic rings. The molecular weight excluding hydrogens is 236 g/mol. The fourth-order valence-electron chi connectivity index (χ4n) is 2.05. The van der Waals surface area contributed by atoms with E-state index in [4.69, 9.17) is 11.2 Å². The molecule has 0 bridgehead atoms. The Hall–Kier alpha value is -1.66. The Bertz CT molecular complexity index is 392. The minimum Gasteiger partial charge on any atom is -0.495 e. The highest BCUT2D eigenvalue weighted by Crippen LogP contribution is 2.22. The number of likely N-dealkylation sites (tertiary alicyclic amines) is 1. The van der Waals surface area contributed by atoms with E-state index in [2.05, 4.69) is 23.1 Å². The van der Waals surface area contributed by atoms with E-state index in [0.717, 1.165) is 24.5 Å². The first-order valence-corrected chi connectivity index (χ1v) is 6.84. The number of nitrogens with one attached hydrogen (secondary N) is 1. The molecule has 1 N–H and O–H groups in total. The monoisotopic (exact) mass is 260 g/mol. The van der Waals surface area contributed by atoms with Gasteiger partial charge in [-0.15, -0.1) is 6.42 Å². The summed E-state index contributed by atoms with van der Waals surface area (Å²) in [5, 5.41) is 3.20. The number of rotatable bonds is 4. The number of methoxy groups -OCH3 is 1. The quantitative estimate of drug-likeness (QED) is 0.843. The Kier molecular flexibility index (Phi) is 7.53. The van der Waals surface area contributed by atoms with E-state index in [-0.39, 0.29) is 0 Å². The molecule has 0 spiro atoms. The number of hydrogen-bond acceptors (Lipinski definition) is 3. The fourth-order valence-corrected chi connectivity index (χ4v) is 2.05. The number of nitrogens with zero attached hydrogens (tertiary/aromatic N) is 1. The van der Waals surface area contributed by atoms with Crippen LogP contribution in [0.15, 0.2) is 24.3 Å². The van der Waals surface area contributed by atoms with Crippen LogP contribution in [0.25, 0.3) is 0 Å². The maximum Gasteiger partial charge on any atom is 0.141 e.